The molecule has 0 saturated heterocycles. The van der Waals surface area contributed by atoms with E-state index in [2.05, 4.69) is 28.3 Å². The lowest BCUT2D eigenvalue weighted by molar-refractivity contribution is 0.612. The van der Waals surface area contributed by atoms with E-state index in [-0.39, 0.29) is 5.56 Å². The first-order chi connectivity index (χ1) is 7.84. The number of rotatable bonds is 1. The summed E-state index contributed by atoms with van der Waals surface area (Å²) in [4.78, 5) is 16.6. The van der Waals surface area contributed by atoms with Crippen LogP contribution in [0.5, 0.6) is 0 Å². The molecule has 0 radical (unpaired) electrons. The number of hydrogen-bond donors (Lipinski definition) is 0. The molecule has 0 amide bonds. The Bertz CT molecular complexity index is 640. The Hall–Kier alpha value is -1.49. The van der Waals surface area contributed by atoms with Gasteiger partial charge in [0, 0.05) is 0 Å². The molecule has 4 nitrogen and oxygen atoms in total. The van der Waals surface area contributed by atoms with Gasteiger partial charge in [0.2, 0.25) is 4.96 Å². The predicted octanol–water partition coefficient (Wildman–Crippen LogP) is 1.01. The van der Waals surface area contributed by atoms with E-state index in [1.807, 2.05) is 0 Å². The minimum absolute atomic E-state index is 0.0351. The first-order valence-corrected chi connectivity index (χ1v) is 6.15. The molecule has 2 aromatic rings. The van der Waals surface area contributed by atoms with E-state index in [0.717, 1.165) is 23.8 Å². The zero-order valence-corrected chi connectivity index (χ0v) is 9.48. The molecule has 0 saturated carbocycles. The Morgan fingerprint density at radius 2 is 2.44 bits per heavy atom. The zero-order valence-electron chi connectivity index (χ0n) is 8.67. The summed E-state index contributed by atoms with van der Waals surface area (Å²) in [5, 5.41) is 3.90. The van der Waals surface area contributed by atoms with Crippen LogP contribution in [0.1, 0.15) is 19.3 Å². The van der Waals surface area contributed by atoms with Crippen molar-refractivity contribution in [2.45, 2.75) is 19.3 Å². The molecule has 0 N–H and O–H groups in total. The number of aromatic nitrogens is 3. The molecule has 82 valence electrons. The summed E-state index contributed by atoms with van der Waals surface area (Å²) in [6.45, 7) is 0. The van der Waals surface area contributed by atoms with E-state index in [1.54, 1.807) is 0 Å². The summed E-state index contributed by atoms with van der Waals surface area (Å²) >= 11 is 1.42. The van der Waals surface area contributed by atoms with Crippen molar-refractivity contribution in [3.05, 3.63) is 33.4 Å². The Morgan fingerprint density at radius 1 is 1.50 bits per heavy atom. The molecule has 1 atom stereocenters. The largest absolute Gasteiger partial charge is 0.290 e. The van der Waals surface area contributed by atoms with Gasteiger partial charge in [-0.15, -0.1) is 0 Å². The van der Waals surface area contributed by atoms with Crippen molar-refractivity contribution in [3.63, 3.8) is 0 Å². The van der Waals surface area contributed by atoms with Crippen LogP contribution >= 0.6 is 11.3 Å². The monoisotopic (exact) mass is 233 g/mol. The van der Waals surface area contributed by atoms with Crippen molar-refractivity contribution in [2.24, 2.45) is 5.92 Å². The third-order valence-corrected chi connectivity index (χ3v) is 3.81. The predicted molar refractivity (Wildman–Crippen MR) is 63.3 cm³/mol. The molecule has 0 aliphatic heterocycles. The summed E-state index contributed by atoms with van der Waals surface area (Å²) in [7, 11) is 0. The van der Waals surface area contributed by atoms with Gasteiger partial charge in [0.05, 0.1) is 4.53 Å². The zero-order chi connectivity index (χ0) is 11.0. The molecule has 16 heavy (non-hydrogen) atoms. The molecule has 0 bridgehead atoms. The standard InChI is InChI=1S/C11H11N3OS/c15-10-9(6-8-4-2-1-3-5-8)16-11-12-7-13-14(10)11/h1-2,6-8H,3-5H2/b9-6-. The van der Waals surface area contributed by atoms with Crippen LogP contribution in [0.15, 0.2) is 23.3 Å². The van der Waals surface area contributed by atoms with Gasteiger partial charge in [-0.2, -0.15) is 9.61 Å². The summed E-state index contributed by atoms with van der Waals surface area (Å²) in [5.41, 5.74) is -0.0351. The van der Waals surface area contributed by atoms with Crippen molar-refractivity contribution in [1.82, 2.24) is 14.6 Å². The SMILES string of the molecule is O=c1/c(=C/C2CC=CCC2)sc2ncnn12. The normalized spacial score (nSPS) is 22.0. The molecule has 1 unspecified atom stereocenters. The number of thiazole rings is 1. The van der Waals surface area contributed by atoms with Gasteiger partial charge < -0.3 is 0 Å². The lowest BCUT2D eigenvalue weighted by Gasteiger charge is -2.11. The maximum atomic E-state index is 11.9. The minimum Gasteiger partial charge on any atom is -0.266 e. The van der Waals surface area contributed by atoms with Crippen LogP contribution in [0.2, 0.25) is 0 Å². The molecule has 2 heterocycles. The van der Waals surface area contributed by atoms with Crippen LogP contribution in [-0.4, -0.2) is 14.6 Å². The molecule has 1 aliphatic rings. The average Bonchev–Trinajstić information content (AvgIpc) is 2.86. The summed E-state index contributed by atoms with van der Waals surface area (Å²) < 4.78 is 2.14. The second-order valence-corrected chi connectivity index (χ2v) is 4.95. The molecule has 0 aromatic carbocycles. The van der Waals surface area contributed by atoms with Gasteiger partial charge in [0.15, 0.2) is 0 Å². The van der Waals surface area contributed by atoms with Gasteiger partial charge in [0.25, 0.3) is 5.56 Å². The first-order valence-electron chi connectivity index (χ1n) is 5.34. The van der Waals surface area contributed by atoms with Crippen molar-refractivity contribution >= 4 is 22.4 Å². The minimum atomic E-state index is -0.0351. The maximum Gasteiger partial charge on any atom is 0.290 e. The Kier molecular flexibility index (Phi) is 2.32. The highest BCUT2D eigenvalue weighted by atomic mass is 32.1. The Labute approximate surface area is 95.9 Å². The number of hydrogen-bond acceptors (Lipinski definition) is 4. The van der Waals surface area contributed by atoms with E-state index in [9.17, 15) is 4.79 Å². The molecule has 0 spiro atoms. The fourth-order valence-corrected chi connectivity index (χ4v) is 2.92. The van der Waals surface area contributed by atoms with Gasteiger partial charge in [-0.25, -0.2) is 4.98 Å². The lowest BCUT2D eigenvalue weighted by atomic mass is 9.94. The van der Waals surface area contributed by atoms with Crippen molar-refractivity contribution in [2.75, 3.05) is 0 Å². The topological polar surface area (TPSA) is 47.3 Å². The lowest BCUT2D eigenvalue weighted by Crippen LogP contribution is -2.24. The summed E-state index contributed by atoms with van der Waals surface area (Å²) in [6.07, 6.45) is 11.2. The fourth-order valence-electron chi connectivity index (χ4n) is 1.97. The maximum absolute atomic E-state index is 11.9. The van der Waals surface area contributed by atoms with Crippen LogP contribution < -0.4 is 10.1 Å². The molecule has 1 aliphatic carbocycles. The molecule has 3 rings (SSSR count). The highest BCUT2D eigenvalue weighted by Gasteiger charge is 2.10. The van der Waals surface area contributed by atoms with Gasteiger partial charge in [-0.1, -0.05) is 29.6 Å². The second-order valence-electron chi connectivity index (χ2n) is 3.94. The van der Waals surface area contributed by atoms with E-state index < -0.39 is 0 Å². The van der Waals surface area contributed by atoms with Gasteiger partial charge in [0.1, 0.15) is 6.33 Å². The van der Waals surface area contributed by atoms with Crippen molar-refractivity contribution in [1.29, 1.82) is 0 Å². The second kappa shape index (κ2) is 3.83. The van der Waals surface area contributed by atoms with Gasteiger partial charge >= 0.3 is 0 Å². The van der Waals surface area contributed by atoms with Gasteiger partial charge in [-0.05, 0) is 25.2 Å². The first kappa shape index (κ1) is 9.72. The highest BCUT2D eigenvalue weighted by molar-refractivity contribution is 7.14. The van der Waals surface area contributed by atoms with E-state index in [0.29, 0.717) is 10.9 Å². The van der Waals surface area contributed by atoms with Crippen LogP contribution in [-0.2, 0) is 0 Å². The third-order valence-electron chi connectivity index (χ3n) is 2.82. The van der Waals surface area contributed by atoms with Gasteiger partial charge in [-0.3, -0.25) is 4.79 Å². The van der Waals surface area contributed by atoms with Crippen molar-refractivity contribution < 1.29 is 0 Å². The van der Waals surface area contributed by atoms with E-state index in [4.69, 9.17) is 0 Å². The molecule has 5 heteroatoms. The van der Waals surface area contributed by atoms with E-state index >= 15 is 0 Å². The average molecular weight is 233 g/mol. The summed E-state index contributed by atoms with van der Waals surface area (Å²) in [5.74, 6) is 0.487. The summed E-state index contributed by atoms with van der Waals surface area (Å²) in [6, 6.07) is 0. The molecule has 2 aromatic heterocycles. The number of nitrogens with zero attached hydrogens (tertiary/aromatic N) is 3. The molecular weight excluding hydrogens is 222 g/mol. The van der Waals surface area contributed by atoms with Crippen LogP contribution in [0, 0.1) is 5.92 Å². The molecular formula is C11H11N3OS. The van der Waals surface area contributed by atoms with Crippen molar-refractivity contribution in [3.8, 4) is 0 Å². The number of allylic oxidation sites excluding steroid dienone is 2. The third kappa shape index (κ3) is 1.57. The smallest absolute Gasteiger partial charge is 0.266 e. The quantitative estimate of drug-likeness (QED) is 0.691. The van der Waals surface area contributed by atoms with Crippen LogP contribution in [0.3, 0.4) is 0 Å². The highest BCUT2D eigenvalue weighted by Crippen LogP contribution is 2.19. The molecule has 0 fully saturated rings. The van der Waals surface area contributed by atoms with Crippen LogP contribution in [0.4, 0.5) is 0 Å². The number of fused-ring (bicyclic) bond motifs is 1. The Morgan fingerprint density at radius 3 is 3.19 bits per heavy atom. The Balaban J connectivity index is 2.07. The van der Waals surface area contributed by atoms with E-state index in [1.165, 1.54) is 22.2 Å². The van der Waals surface area contributed by atoms with Crippen LogP contribution in [0.25, 0.3) is 11.0 Å². The fraction of sp³-hybridized carbons (Fsp3) is 0.364.